The lowest BCUT2D eigenvalue weighted by atomic mass is 9.97. The number of amides is 1. The first-order valence-electron chi connectivity index (χ1n) is 10.8. The highest BCUT2D eigenvalue weighted by molar-refractivity contribution is 9.10. The van der Waals surface area contributed by atoms with Gasteiger partial charge in [0.25, 0.3) is 5.91 Å². The van der Waals surface area contributed by atoms with Crippen LogP contribution in [-0.2, 0) is 47.7 Å². The van der Waals surface area contributed by atoms with Crippen molar-refractivity contribution >= 4 is 62.2 Å². The zero-order chi connectivity index (χ0) is 26.6. The number of carbonyl (C=O) groups excluding carboxylic acids is 5. The topological polar surface area (TPSA) is 144 Å². The minimum Gasteiger partial charge on any atom is -0.455 e. The van der Waals surface area contributed by atoms with E-state index in [0.29, 0.717) is 11.1 Å². The van der Waals surface area contributed by atoms with Crippen LogP contribution in [-0.4, -0.2) is 60.5 Å². The Balaban J connectivity index is 2.04. The van der Waals surface area contributed by atoms with Gasteiger partial charge in [-0.1, -0.05) is 40.2 Å². The van der Waals surface area contributed by atoms with Crippen LogP contribution in [0.2, 0.25) is 0 Å². The Hall–Kier alpha value is -3.51. The summed E-state index contributed by atoms with van der Waals surface area (Å²) in [6.07, 6.45) is -7.83. The molecule has 5 atom stereocenters. The fourth-order valence-electron chi connectivity index (χ4n) is 3.82. The Labute approximate surface area is 214 Å². The molecular weight excluding hydrogens is 542 g/mol. The summed E-state index contributed by atoms with van der Waals surface area (Å²) < 4.78 is 27.4. The van der Waals surface area contributed by atoms with Crippen LogP contribution in [0.1, 0.15) is 27.7 Å². The largest absolute Gasteiger partial charge is 0.455 e. The number of ether oxygens (including phenoxy) is 5. The van der Waals surface area contributed by atoms with Gasteiger partial charge in [-0.15, -0.1) is 0 Å². The summed E-state index contributed by atoms with van der Waals surface area (Å²) in [5.74, 6) is -4.06. The highest BCUT2D eigenvalue weighted by Gasteiger charge is 2.55. The predicted octanol–water partition coefficient (Wildman–Crippen LogP) is 2.62. The Morgan fingerprint density at radius 2 is 1.25 bits per heavy atom. The van der Waals surface area contributed by atoms with Crippen LogP contribution in [0.25, 0.3) is 10.8 Å². The molecule has 0 aliphatic carbocycles. The molecule has 1 aliphatic heterocycles. The normalized spacial score (nSPS) is 23.3. The lowest BCUT2D eigenvalue weighted by Crippen LogP contribution is -2.64. The molecule has 1 aliphatic rings. The molecular formula is C24H24BrNO10. The zero-order valence-electron chi connectivity index (χ0n) is 19.8. The Morgan fingerprint density at radius 1 is 0.722 bits per heavy atom. The maximum absolute atomic E-state index is 13.5. The Kier molecular flexibility index (Phi) is 8.64. The van der Waals surface area contributed by atoms with Crippen LogP contribution < -0.4 is 5.32 Å². The molecule has 1 saturated heterocycles. The molecule has 2 aromatic rings. The summed E-state index contributed by atoms with van der Waals surface area (Å²) in [7, 11) is 0. The van der Waals surface area contributed by atoms with Crippen molar-refractivity contribution in [1.29, 1.82) is 0 Å². The molecule has 0 bridgehead atoms. The smallest absolute Gasteiger partial charge is 0.305 e. The summed E-state index contributed by atoms with van der Waals surface area (Å²) in [6.45, 7) is 4.32. The summed E-state index contributed by atoms with van der Waals surface area (Å²) in [4.78, 5) is 60.8. The van der Waals surface area contributed by atoms with Gasteiger partial charge in [-0.05, 0) is 17.5 Å². The SMILES string of the molecule is CC(=O)O[C@@H]1O[C@H](C(=O)Nc2ccc(Br)c3ccccc23)[C@@H](OC(C)=O)[C@H](OC(C)=O)[C@H]1OC(C)=O. The van der Waals surface area contributed by atoms with E-state index in [1.165, 1.54) is 0 Å². The van der Waals surface area contributed by atoms with Gasteiger partial charge in [0.05, 0.1) is 0 Å². The Morgan fingerprint density at radius 3 is 1.83 bits per heavy atom. The van der Waals surface area contributed by atoms with Gasteiger partial charge in [0.15, 0.2) is 18.3 Å². The van der Waals surface area contributed by atoms with Crippen LogP contribution in [0.4, 0.5) is 5.69 Å². The van der Waals surface area contributed by atoms with E-state index in [0.717, 1.165) is 37.6 Å². The fraction of sp³-hybridized carbons (Fsp3) is 0.375. The molecule has 1 fully saturated rings. The van der Waals surface area contributed by atoms with E-state index in [2.05, 4.69) is 21.2 Å². The number of benzene rings is 2. The van der Waals surface area contributed by atoms with E-state index < -0.39 is 60.5 Å². The van der Waals surface area contributed by atoms with E-state index in [1.807, 2.05) is 12.1 Å². The van der Waals surface area contributed by atoms with Crippen molar-refractivity contribution in [3.8, 4) is 0 Å². The number of rotatable bonds is 6. The second-order valence-electron chi connectivity index (χ2n) is 7.89. The summed E-state index contributed by atoms with van der Waals surface area (Å²) in [5.41, 5.74) is 0.416. The lowest BCUT2D eigenvalue weighted by molar-refractivity contribution is -0.289. The van der Waals surface area contributed by atoms with Crippen molar-refractivity contribution in [3.63, 3.8) is 0 Å². The lowest BCUT2D eigenvalue weighted by Gasteiger charge is -2.43. The fourth-order valence-corrected chi connectivity index (χ4v) is 4.30. The van der Waals surface area contributed by atoms with Crippen LogP contribution in [0.3, 0.4) is 0 Å². The van der Waals surface area contributed by atoms with E-state index in [-0.39, 0.29) is 0 Å². The third kappa shape index (κ3) is 6.38. The van der Waals surface area contributed by atoms with Crippen molar-refractivity contribution in [1.82, 2.24) is 0 Å². The second kappa shape index (κ2) is 11.5. The number of hydrogen-bond donors (Lipinski definition) is 1. The predicted molar refractivity (Wildman–Crippen MR) is 127 cm³/mol. The molecule has 1 amide bonds. The third-order valence-electron chi connectivity index (χ3n) is 5.07. The van der Waals surface area contributed by atoms with E-state index in [4.69, 9.17) is 23.7 Å². The highest BCUT2D eigenvalue weighted by atomic mass is 79.9. The van der Waals surface area contributed by atoms with Crippen molar-refractivity contribution in [2.45, 2.75) is 58.4 Å². The Bertz CT molecular complexity index is 1200. The molecule has 0 aromatic heterocycles. The molecule has 2 aromatic carbocycles. The van der Waals surface area contributed by atoms with Crippen LogP contribution >= 0.6 is 15.9 Å². The molecule has 1 N–H and O–H groups in total. The van der Waals surface area contributed by atoms with Gasteiger partial charge in [0, 0.05) is 43.2 Å². The average Bonchev–Trinajstić information content (AvgIpc) is 2.78. The van der Waals surface area contributed by atoms with Gasteiger partial charge in [-0.25, -0.2) is 0 Å². The summed E-state index contributed by atoms with van der Waals surface area (Å²) in [5, 5.41) is 4.24. The maximum atomic E-state index is 13.5. The van der Waals surface area contributed by atoms with Crippen molar-refractivity contribution in [3.05, 3.63) is 40.9 Å². The number of anilines is 1. The molecule has 3 rings (SSSR count). The third-order valence-corrected chi connectivity index (χ3v) is 5.76. The molecule has 1 heterocycles. The van der Waals surface area contributed by atoms with E-state index in [1.54, 1.807) is 24.3 Å². The first-order valence-corrected chi connectivity index (χ1v) is 11.6. The van der Waals surface area contributed by atoms with Crippen molar-refractivity contribution in [2.75, 3.05) is 5.32 Å². The standard InChI is InChI=1S/C24H24BrNO10/c1-11(27)32-19-20(33-12(2)28)22(34-13(3)29)24(35-14(4)30)36-21(19)23(31)26-18-10-9-17(25)15-7-5-6-8-16(15)18/h5-10,19-22,24H,1-4H3,(H,26,31)/t19-,20-,21-,22+,24+/m0/s1. The number of hydrogen-bond acceptors (Lipinski definition) is 10. The number of carbonyl (C=O) groups is 5. The van der Waals surface area contributed by atoms with Crippen LogP contribution in [0.5, 0.6) is 0 Å². The van der Waals surface area contributed by atoms with E-state index in [9.17, 15) is 24.0 Å². The number of fused-ring (bicyclic) bond motifs is 1. The molecule has 0 unspecified atom stereocenters. The maximum Gasteiger partial charge on any atom is 0.305 e. The highest BCUT2D eigenvalue weighted by Crippen LogP contribution is 2.33. The van der Waals surface area contributed by atoms with Gasteiger partial charge in [0.2, 0.25) is 12.4 Å². The minimum atomic E-state index is -1.64. The van der Waals surface area contributed by atoms with Gasteiger partial charge in [-0.3, -0.25) is 24.0 Å². The molecule has 0 radical (unpaired) electrons. The number of halogens is 1. The zero-order valence-corrected chi connectivity index (χ0v) is 21.4. The van der Waals surface area contributed by atoms with E-state index >= 15 is 0 Å². The van der Waals surface area contributed by atoms with Gasteiger partial charge in [-0.2, -0.15) is 0 Å². The second-order valence-corrected chi connectivity index (χ2v) is 8.74. The molecule has 36 heavy (non-hydrogen) atoms. The summed E-state index contributed by atoms with van der Waals surface area (Å²) >= 11 is 3.46. The first kappa shape index (κ1) is 27.1. The van der Waals surface area contributed by atoms with Crippen LogP contribution in [0, 0.1) is 0 Å². The summed E-state index contributed by atoms with van der Waals surface area (Å²) in [6, 6.07) is 10.7. The van der Waals surface area contributed by atoms with Gasteiger partial charge in [0.1, 0.15) is 0 Å². The first-order chi connectivity index (χ1) is 17.0. The van der Waals surface area contributed by atoms with Gasteiger partial charge < -0.3 is 29.0 Å². The van der Waals surface area contributed by atoms with Crippen molar-refractivity contribution < 1.29 is 47.7 Å². The molecule has 11 nitrogen and oxygen atoms in total. The molecule has 0 spiro atoms. The average molecular weight is 566 g/mol. The number of nitrogens with one attached hydrogen (secondary N) is 1. The minimum absolute atomic E-state index is 0.416. The van der Waals surface area contributed by atoms with Crippen molar-refractivity contribution in [2.24, 2.45) is 0 Å². The monoisotopic (exact) mass is 565 g/mol. The quantitative estimate of drug-likeness (QED) is 0.410. The van der Waals surface area contributed by atoms with Crippen LogP contribution in [0.15, 0.2) is 40.9 Å². The molecule has 192 valence electrons. The molecule has 0 saturated carbocycles. The molecule has 12 heteroatoms. The number of esters is 4. The van der Waals surface area contributed by atoms with Gasteiger partial charge >= 0.3 is 23.9 Å².